The van der Waals surface area contributed by atoms with Crippen LogP contribution in [0.5, 0.6) is 0 Å². The molecule has 1 fully saturated rings. The zero-order valence-corrected chi connectivity index (χ0v) is 19.8. The first-order chi connectivity index (χ1) is 16.2. The lowest BCUT2D eigenvalue weighted by Gasteiger charge is -2.36. The average molecular weight is 456 g/mol. The van der Waals surface area contributed by atoms with Gasteiger partial charge in [0, 0.05) is 60.4 Å². The zero-order chi connectivity index (χ0) is 22.6. The highest BCUT2D eigenvalue weighted by Gasteiger charge is 2.21. The minimum atomic E-state index is 0.225. The SMILES string of the molecule is Cc1cccc(Cn2cc(SCC(=O)N3CCN(c4ccccc4)CC3)c3ccccc32)c1. The van der Waals surface area contributed by atoms with Crippen molar-refractivity contribution in [1.82, 2.24) is 9.47 Å². The number of fused-ring (bicyclic) bond motifs is 1. The van der Waals surface area contributed by atoms with Crippen molar-refractivity contribution in [2.24, 2.45) is 0 Å². The van der Waals surface area contributed by atoms with Crippen molar-refractivity contribution in [3.63, 3.8) is 0 Å². The van der Waals surface area contributed by atoms with E-state index in [1.807, 2.05) is 11.0 Å². The van der Waals surface area contributed by atoms with E-state index in [2.05, 4.69) is 95.4 Å². The first kappa shape index (κ1) is 21.7. The fourth-order valence-corrected chi connectivity index (χ4v) is 5.54. The van der Waals surface area contributed by atoms with E-state index in [0.29, 0.717) is 5.75 Å². The largest absolute Gasteiger partial charge is 0.368 e. The van der Waals surface area contributed by atoms with Gasteiger partial charge in [-0.25, -0.2) is 0 Å². The number of para-hydroxylation sites is 2. The second-order valence-corrected chi connectivity index (χ2v) is 9.64. The van der Waals surface area contributed by atoms with Crippen LogP contribution in [0.25, 0.3) is 10.9 Å². The number of piperazine rings is 1. The number of hydrogen-bond acceptors (Lipinski definition) is 3. The number of rotatable bonds is 6. The maximum atomic E-state index is 13.0. The quantitative estimate of drug-likeness (QED) is 0.363. The van der Waals surface area contributed by atoms with Crippen molar-refractivity contribution < 1.29 is 4.79 Å². The molecule has 4 aromatic rings. The number of thioether (sulfide) groups is 1. The van der Waals surface area contributed by atoms with E-state index in [9.17, 15) is 4.79 Å². The van der Waals surface area contributed by atoms with Gasteiger partial charge in [-0.15, -0.1) is 11.8 Å². The fraction of sp³-hybridized carbons (Fsp3) is 0.250. The fourth-order valence-electron chi connectivity index (χ4n) is 4.55. The van der Waals surface area contributed by atoms with Gasteiger partial charge < -0.3 is 14.4 Å². The van der Waals surface area contributed by atoms with Crippen LogP contribution >= 0.6 is 11.8 Å². The molecule has 4 nitrogen and oxygen atoms in total. The normalized spacial score (nSPS) is 14.1. The minimum Gasteiger partial charge on any atom is -0.368 e. The topological polar surface area (TPSA) is 28.5 Å². The maximum absolute atomic E-state index is 13.0. The molecule has 5 heteroatoms. The van der Waals surface area contributed by atoms with Crippen molar-refractivity contribution >= 4 is 34.3 Å². The summed E-state index contributed by atoms with van der Waals surface area (Å²) in [5.74, 6) is 0.701. The van der Waals surface area contributed by atoms with Gasteiger partial charge in [-0.3, -0.25) is 4.79 Å². The number of aromatic nitrogens is 1. The van der Waals surface area contributed by atoms with Crippen LogP contribution in [0.1, 0.15) is 11.1 Å². The van der Waals surface area contributed by atoms with Crippen LogP contribution in [-0.2, 0) is 11.3 Å². The monoisotopic (exact) mass is 455 g/mol. The molecule has 0 bridgehead atoms. The zero-order valence-electron chi connectivity index (χ0n) is 19.0. The number of benzene rings is 3. The Labute approximate surface area is 199 Å². The summed E-state index contributed by atoms with van der Waals surface area (Å²) in [6.07, 6.45) is 2.21. The third-order valence-corrected chi connectivity index (χ3v) is 7.32. The van der Waals surface area contributed by atoms with E-state index in [1.165, 1.54) is 32.6 Å². The van der Waals surface area contributed by atoms with Crippen molar-refractivity contribution in [2.45, 2.75) is 18.4 Å². The summed E-state index contributed by atoms with van der Waals surface area (Å²) >= 11 is 1.66. The van der Waals surface area contributed by atoms with Gasteiger partial charge in [-0.2, -0.15) is 0 Å². The number of amides is 1. The van der Waals surface area contributed by atoms with Crippen molar-refractivity contribution in [3.05, 3.63) is 96.2 Å². The Morgan fingerprint density at radius 1 is 0.879 bits per heavy atom. The number of hydrogen-bond donors (Lipinski definition) is 0. The Kier molecular flexibility index (Phi) is 6.40. The summed E-state index contributed by atoms with van der Waals surface area (Å²) in [4.78, 5) is 18.5. The second-order valence-electron chi connectivity index (χ2n) is 8.62. The average Bonchev–Trinajstić information content (AvgIpc) is 3.20. The molecule has 1 aliphatic heterocycles. The smallest absolute Gasteiger partial charge is 0.233 e. The molecule has 0 aliphatic carbocycles. The number of aryl methyl sites for hydroxylation is 1. The van der Waals surface area contributed by atoms with Crippen LogP contribution in [0, 0.1) is 6.92 Å². The minimum absolute atomic E-state index is 0.225. The Morgan fingerprint density at radius 3 is 2.42 bits per heavy atom. The molecule has 5 rings (SSSR count). The van der Waals surface area contributed by atoms with Crippen LogP contribution < -0.4 is 4.90 Å². The van der Waals surface area contributed by atoms with Crippen molar-refractivity contribution in [3.8, 4) is 0 Å². The summed E-state index contributed by atoms with van der Waals surface area (Å²) < 4.78 is 2.30. The van der Waals surface area contributed by atoms with Gasteiger partial charge >= 0.3 is 0 Å². The standard InChI is InChI=1S/C28H29N3OS/c1-22-8-7-9-23(18-22)19-31-20-27(25-12-5-6-13-26(25)31)33-21-28(32)30-16-14-29(15-17-30)24-10-3-2-4-11-24/h2-13,18,20H,14-17,19,21H2,1H3. The molecule has 3 aromatic carbocycles. The van der Waals surface area contributed by atoms with Gasteiger partial charge in [-0.1, -0.05) is 66.2 Å². The van der Waals surface area contributed by atoms with E-state index in [0.717, 1.165) is 32.7 Å². The number of anilines is 1. The molecule has 1 aliphatic rings. The Bertz CT molecular complexity index is 1240. The highest BCUT2D eigenvalue weighted by molar-refractivity contribution is 8.00. The van der Waals surface area contributed by atoms with Crippen molar-refractivity contribution in [2.75, 3.05) is 36.8 Å². The Morgan fingerprint density at radius 2 is 1.64 bits per heavy atom. The summed E-state index contributed by atoms with van der Waals surface area (Å²) in [5, 5.41) is 1.22. The summed E-state index contributed by atoms with van der Waals surface area (Å²) in [7, 11) is 0. The van der Waals surface area contributed by atoms with Gasteiger partial charge in [0.05, 0.1) is 5.75 Å². The van der Waals surface area contributed by atoms with E-state index >= 15 is 0 Å². The highest BCUT2D eigenvalue weighted by atomic mass is 32.2. The van der Waals surface area contributed by atoms with Crippen LogP contribution in [0.4, 0.5) is 5.69 Å². The lowest BCUT2D eigenvalue weighted by Crippen LogP contribution is -2.49. The Hall–Kier alpha value is -3.18. The van der Waals surface area contributed by atoms with Crippen LogP contribution in [0.2, 0.25) is 0 Å². The van der Waals surface area contributed by atoms with E-state index < -0.39 is 0 Å². The maximum Gasteiger partial charge on any atom is 0.233 e. The molecule has 1 aromatic heterocycles. The molecule has 33 heavy (non-hydrogen) atoms. The molecule has 2 heterocycles. The van der Waals surface area contributed by atoms with Gasteiger partial charge in [0.15, 0.2) is 0 Å². The first-order valence-corrected chi connectivity index (χ1v) is 12.5. The molecular weight excluding hydrogens is 426 g/mol. The van der Waals surface area contributed by atoms with Crippen LogP contribution in [0.15, 0.2) is 90.0 Å². The van der Waals surface area contributed by atoms with Gasteiger partial charge in [0.1, 0.15) is 0 Å². The third kappa shape index (κ3) is 4.93. The van der Waals surface area contributed by atoms with Gasteiger partial charge in [-0.05, 0) is 30.7 Å². The van der Waals surface area contributed by atoms with Gasteiger partial charge in [0.2, 0.25) is 5.91 Å². The molecule has 0 saturated carbocycles. The van der Waals surface area contributed by atoms with E-state index in [-0.39, 0.29) is 5.91 Å². The summed E-state index contributed by atoms with van der Waals surface area (Å²) in [6.45, 7) is 6.29. The molecule has 0 unspecified atom stereocenters. The Balaban J connectivity index is 1.24. The molecule has 0 spiro atoms. The summed E-state index contributed by atoms with van der Waals surface area (Å²) in [6, 6.07) is 27.6. The lowest BCUT2D eigenvalue weighted by molar-refractivity contribution is -0.128. The molecule has 1 saturated heterocycles. The van der Waals surface area contributed by atoms with Crippen molar-refractivity contribution in [1.29, 1.82) is 0 Å². The summed E-state index contributed by atoms with van der Waals surface area (Å²) in [5.41, 5.74) is 5.02. The lowest BCUT2D eigenvalue weighted by atomic mass is 10.1. The first-order valence-electron chi connectivity index (χ1n) is 11.5. The van der Waals surface area contributed by atoms with E-state index in [4.69, 9.17) is 0 Å². The van der Waals surface area contributed by atoms with Crippen LogP contribution in [0.3, 0.4) is 0 Å². The number of nitrogens with zero attached hydrogens (tertiary/aromatic N) is 3. The van der Waals surface area contributed by atoms with E-state index in [1.54, 1.807) is 11.8 Å². The third-order valence-electron chi connectivity index (χ3n) is 6.29. The number of carbonyl (C=O) groups is 1. The molecular formula is C28H29N3OS. The molecule has 0 radical (unpaired) electrons. The molecule has 168 valence electrons. The van der Waals surface area contributed by atoms with Crippen LogP contribution in [-0.4, -0.2) is 47.3 Å². The second kappa shape index (κ2) is 9.75. The molecule has 0 atom stereocenters. The number of carbonyl (C=O) groups excluding carboxylic acids is 1. The molecule has 1 amide bonds. The predicted molar refractivity (Wildman–Crippen MR) is 138 cm³/mol. The highest BCUT2D eigenvalue weighted by Crippen LogP contribution is 2.31. The van der Waals surface area contributed by atoms with Gasteiger partial charge in [0.25, 0.3) is 0 Å². The predicted octanol–water partition coefficient (Wildman–Crippen LogP) is 5.44. The molecule has 0 N–H and O–H groups in total.